The molecule has 3 rings (SSSR count). The second kappa shape index (κ2) is 6.17. The molecule has 0 radical (unpaired) electrons. The van der Waals surface area contributed by atoms with Crippen molar-refractivity contribution >= 4 is 16.8 Å². The summed E-state index contributed by atoms with van der Waals surface area (Å²) >= 11 is 0. The molecule has 0 aliphatic heterocycles. The van der Waals surface area contributed by atoms with Crippen LogP contribution >= 0.6 is 0 Å². The summed E-state index contributed by atoms with van der Waals surface area (Å²) in [5.41, 5.74) is 3.75. The van der Waals surface area contributed by atoms with Crippen LogP contribution in [0.4, 0.5) is 0 Å². The van der Waals surface area contributed by atoms with E-state index in [0.29, 0.717) is 18.9 Å². The lowest BCUT2D eigenvalue weighted by Gasteiger charge is -2.27. The van der Waals surface area contributed by atoms with E-state index in [2.05, 4.69) is 29.0 Å². The van der Waals surface area contributed by atoms with Gasteiger partial charge in [0.15, 0.2) is 0 Å². The standard InChI is InChI=1S/C18H22N2O/c1-13-10-14(11-13)6-7-18(21)19-9-8-15-12-20-17-5-3-2-4-16(15)17/h2-5,12,14,20H,1,6-11H2,(H,19,21). The Labute approximate surface area is 125 Å². The number of rotatable bonds is 6. The number of fused-ring (bicyclic) bond motifs is 1. The van der Waals surface area contributed by atoms with Gasteiger partial charge in [0.1, 0.15) is 0 Å². The molecule has 1 amide bonds. The van der Waals surface area contributed by atoms with E-state index in [1.54, 1.807) is 0 Å². The summed E-state index contributed by atoms with van der Waals surface area (Å²) in [6, 6.07) is 8.26. The van der Waals surface area contributed by atoms with Crippen LogP contribution in [0.15, 0.2) is 42.6 Å². The third-order valence-electron chi connectivity index (χ3n) is 4.33. The maximum absolute atomic E-state index is 11.8. The minimum atomic E-state index is 0.173. The highest BCUT2D eigenvalue weighted by atomic mass is 16.1. The Balaban J connectivity index is 1.41. The maximum atomic E-state index is 11.8. The normalized spacial score (nSPS) is 15.1. The largest absolute Gasteiger partial charge is 0.361 e. The highest BCUT2D eigenvalue weighted by molar-refractivity contribution is 5.83. The molecule has 0 spiro atoms. The molecule has 0 atom stereocenters. The number of carbonyl (C=O) groups is 1. The number of benzene rings is 1. The van der Waals surface area contributed by atoms with Crippen LogP contribution in [0.5, 0.6) is 0 Å². The van der Waals surface area contributed by atoms with Gasteiger partial charge in [-0.25, -0.2) is 0 Å². The number of aromatic nitrogens is 1. The van der Waals surface area contributed by atoms with E-state index >= 15 is 0 Å². The molecular formula is C18H22N2O. The Hall–Kier alpha value is -2.03. The summed E-state index contributed by atoms with van der Waals surface area (Å²) in [4.78, 5) is 15.1. The molecule has 1 fully saturated rings. The van der Waals surface area contributed by atoms with E-state index in [9.17, 15) is 4.79 Å². The van der Waals surface area contributed by atoms with Crippen molar-refractivity contribution in [1.29, 1.82) is 0 Å². The van der Waals surface area contributed by atoms with Gasteiger partial charge in [-0.3, -0.25) is 4.79 Å². The molecule has 21 heavy (non-hydrogen) atoms. The number of hydrogen-bond donors (Lipinski definition) is 2. The van der Waals surface area contributed by atoms with Crippen molar-refractivity contribution in [3.63, 3.8) is 0 Å². The van der Waals surface area contributed by atoms with E-state index in [0.717, 1.165) is 31.2 Å². The maximum Gasteiger partial charge on any atom is 0.220 e. The second-order valence-corrected chi connectivity index (χ2v) is 6.02. The number of para-hydroxylation sites is 1. The van der Waals surface area contributed by atoms with Crippen molar-refractivity contribution in [2.45, 2.75) is 32.1 Å². The van der Waals surface area contributed by atoms with Gasteiger partial charge < -0.3 is 10.3 Å². The first-order chi connectivity index (χ1) is 10.2. The van der Waals surface area contributed by atoms with Crippen LogP contribution in [0.25, 0.3) is 10.9 Å². The van der Waals surface area contributed by atoms with Gasteiger partial charge in [-0.15, -0.1) is 0 Å². The topological polar surface area (TPSA) is 44.9 Å². The molecule has 110 valence electrons. The zero-order chi connectivity index (χ0) is 14.7. The van der Waals surface area contributed by atoms with Gasteiger partial charge in [-0.05, 0) is 43.2 Å². The third kappa shape index (κ3) is 3.35. The van der Waals surface area contributed by atoms with Gasteiger partial charge in [0.05, 0.1) is 0 Å². The average Bonchev–Trinajstić information content (AvgIpc) is 2.86. The highest BCUT2D eigenvalue weighted by Gasteiger charge is 2.21. The minimum Gasteiger partial charge on any atom is -0.361 e. The lowest BCUT2D eigenvalue weighted by molar-refractivity contribution is -0.121. The van der Waals surface area contributed by atoms with Crippen LogP contribution in [0.1, 0.15) is 31.2 Å². The van der Waals surface area contributed by atoms with Gasteiger partial charge in [-0.2, -0.15) is 0 Å². The van der Waals surface area contributed by atoms with Gasteiger partial charge in [0.25, 0.3) is 0 Å². The summed E-state index contributed by atoms with van der Waals surface area (Å²) < 4.78 is 0. The number of allylic oxidation sites excluding steroid dienone is 1. The Morgan fingerprint density at radius 1 is 1.33 bits per heavy atom. The molecule has 0 saturated heterocycles. The van der Waals surface area contributed by atoms with Crippen LogP contribution in [0.3, 0.4) is 0 Å². The number of aromatic amines is 1. The van der Waals surface area contributed by atoms with Crippen molar-refractivity contribution in [3.8, 4) is 0 Å². The van der Waals surface area contributed by atoms with Crippen molar-refractivity contribution in [3.05, 3.63) is 48.2 Å². The zero-order valence-corrected chi connectivity index (χ0v) is 12.3. The molecule has 3 nitrogen and oxygen atoms in total. The Morgan fingerprint density at radius 3 is 2.95 bits per heavy atom. The first-order valence-corrected chi connectivity index (χ1v) is 7.70. The van der Waals surface area contributed by atoms with Crippen LogP contribution in [-0.4, -0.2) is 17.4 Å². The first-order valence-electron chi connectivity index (χ1n) is 7.70. The van der Waals surface area contributed by atoms with Crippen molar-refractivity contribution < 1.29 is 4.79 Å². The molecule has 1 aromatic heterocycles. The summed E-state index contributed by atoms with van der Waals surface area (Å²) in [5, 5.41) is 4.27. The van der Waals surface area contributed by atoms with Crippen LogP contribution in [0.2, 0.25) is 0 Å². The summed E-state index contributed by atoms with van der Waals surface area (Å²) in [6.07, 6.45) is 6.78. The molecule has 2 aromatic rings. The fourth-order valence-corrected chi connectivity index (χ4v) is 3.06. The van der Waals surface area contributed by atoms with E-state index in [1.165, 1.54) is 16.5 Å². The molecule has 1 aromatic carbocycles. The molecule has 1 heterocycles. The van der Waals surface area contributed by atoms with Gasteiger partial charge in [0.2, 0.25) is 5.91 Å². The number of H-pyrrole nitrogens is 1. The summed E-state index contributed by atoms with van der Waals surface area (Å²) in [7, 11) is 0. The Kier molecular flexibility index (Phi) is 4.09. The molecule has 1 aliphatic carbocycles. The predicted octanol–water partition coefficient (Wildman–Crippen LogP) is 3.57. The molecule has 1 aliphatic rings. The molecule has 3 heteroatoms. The second-order valence-electron chi connectivity index (χ2n) is 6.02. The molecular weight excluding hydrogens is 260 g/mol. The number of hydrogen-bond acceptors (Lipinski definition) is 1. The monoisotopic (exact) mass is 282 g/mol. The van der Waals surface area contributed by atoms with E-state index in [-0.39, 0.29) is 5.91 Å². The van der Waals surface area contributed by atoms with Crippen molar-refractivity contribution in [2.75, 3.05) is 6.54 Å². The summed E-state index contributed by atoms with van der Waals surface area (Å²) in [6.45, 7) is 4.64. The fourth-order valence-electron chi connectivity index (χ4n) is 3.06. The third-order valence-corrected chi connectivity index (χ3v) is 4.33. The van der Waals surface area contributed by atoms with Crippen LogP contribution in [0, 0.1) is 5.92 Å². The van der Waals surface area contributed by atoms with Crippen LogP contribution < -0.4 is 5.32 Å². The predicted molar refractivity (Wildman–Crippen MR) is 86.1 cm³/mol. The molecule has 1 saturated carbocycles. The lowest BCUT2D eigenvalue weighted by Crippen LogP contribution is -2.26. The van der Waals surface area contributed by atoms with E-state index in [4.69, 9.17) is 0 Å². The van der Waals surface area contributed by atoms with Gasteiger partial charge >= 0.3 is 0 Å². The quantitative estimate of drug-likeness (QED) is 0.782. The highest BCUT2D eigenvalue weighted by Crippen LogP contribution is 2.34. The average molecular weight is 282 g/mol. The first kappa shape index (κ1) is 13.9. The van der Waals surface area contributed by atoms with Crippen molar-refractivity contribution in [2.24, 2.45) is 5.92 Å². The SMILES string of the molecule is C=C1CC(CCC(=O)NCCc2c[nH]c3ccccc23)C1. The smallest absolute Gasteiger partial charge is 0.220 e. The fraction of sp³-hybridized carbons (Fsp3) is 0.389. The van der Waals surface area contributed by atoms with Gasteiger partial charge in [0, 0.05) is 30.1 Å². The van der Waals surface area contributed by atoms with Gasteiger partial charge in [-0.1, -0.05) is 30.4 Å². The number of nitrogens with one attached hydrogen (secondary N) is 2. The summed E-state index contributed by atoms with van der Waals surface area (Å²) in [5.74, 6) is 0.865. The number of amides is 1. The molecule has 2 N–H and O–H groups in total. The molecule has 0 unspecified atom stereocenters. The van der Waals surface area contributed by atoms with E-state index in [1.807, 2.05) is 18.3 Å². The minimum absolute atomic E-state index is 0.173. The Morgan fingerprint density at radius 2 is 2.14 bits per heavy atom. The van der Waals surface area contributed by atoms with E-state index < -0.39 is 0 Å². The zero-order valence-electron chi connectivity index (χ0n) is 12.3. The number of carbonyl (C=O) groups excluding carboxylic acids is 1. The van der Waals surface area contributed by atoms with Crippen LogP contribution in [-0.2, 0) is 11.2 Å². The lowest BCUT2D eigenvalue weighted by atomic mass is 9.78. The molecule has 0 bridgehead atoms. The Bertz CT molecular complexity index is 648. The van der Waals surface area contributed by atoms with Crippen molar-refractivity contribution in [1.82, 2.24) is 10.3 Å².